The van der Waals surface area contributed by atoms with Crippen molar-refractivity contribution in [2.75, 3.05) is 18.1 Å². The minimum atomic E-state index is 0.615. The summed E-state index contributed by atoms with van der Waals surface area (Å²) in [5.74, 6) is 1.10. The molecule has 80 valence electrons. The molecule has 0 saturated carbocycles. The van der Waals surface area contributed by atoms with Gasteiger partial charge in [-0.2, -0.15) is 11.8 Å². The second-order valence-electron chi connectivity index (χ2n) is 3.49. The van der Waals surface area contributed by atoms with Gasteiger partial charge in [0.05, 0.1) is 0 Å². The Kier molecular flexibility index (Phi) is 3.16. The molecule has 0 aliphatic carbocycles. The van der Waals surface area contributed by atoms with Crippen LogP contribution >= 0.6 is 11.8 Å². The largest absolute Gasteiger partial charge is 0.370 e. The second-order valence-corrected chi connectivity index (χ2v) is 4.77. The van der Waals surface area contributed by atoms with E-state index >= 15 is 0 Å². The van der Waals surface area contributed by atoms with E-state index in [0.29, 0.717) is 5.25 Å². The zero-order valence-corrected chi connectivity index (χ0v) is 9.79. The van der Waals surface area contributed by atoms with Gasteiger partial charge in [-0.05, 0) is 18.4 Å². The lowest BCUT2D eigenvalue weighted by molar-refractivity contribution is 0.982. The van der Waals surface area contributed by atoms with Crippen molar-refractivity contribution in [2.24, 2.45) is 0 Å². The topological polar surface area (TPSA) is 29.3 Å². The third-order valence-corrected chi connectivity index (χ3v) is 3.37. The van der Waals surface area contributed by atoms with Crippen LogP contribution in [0.1, 0.15) is 6.92 Å². The average molecular weight is 221 g/mol. The molecule has 0 amide bonds. The number of anilines is 1. The van der Waals surface area contributed by atoms with Gasteiger partial charge in [-0.3, -0.25) is 4.40 Å². The average Bonchev–Trinajstić information content (AvgIpc) is 2.74. The molecule has 2 heterocycles. The van der Waals surface area contributed by atoms with Gasteiger partial charge in [0.2, 0.25) is 0 Å². The number of imidazole rings is 1. The smallest absolute Gasteiger partial charge is 0.138 e. The molecule has 0 aliphatic heterocycles. The van der Waals surface area contributed by atoms with Crippen LogP contribution in [0.25, 0.3) is 5.65 Å². The Balaban J connectivity index is 2.17. The van der Waals surface area contributed by atoms with Crippen molar-refractivity contribution >= 4 is 23.2 Å². The summed E-state index contributed by atoms with van der Waals surface area (Å²) in [5, 5.41) is 4.04. The van der Waals surface area contributed by atoms with Gasteiger partial charge in [0.15, 0.2) is 0 Å². The van der Waals surface area contributed by atoms with E-state index in [-0.39, 0.29) is 0 Å². The Morgan fingerprint density at radius 3 is 3.20 bits per heavy atom. The molecule has 0 bridgehead atoms. The summed E-state index contributed by atoms with van der Waals surface area (Å²) in [7, 11) is 0. The summed E-state index contributed by atoms with van der Waals surface area (Å²) in [6.07, 6.45) is 5.92. The number of aromatic nitrogens is 2. The molecular formula is C11H15N3S. The quantitative estimate of drug-likeness (QED) is 0.860. The van der Waals surface area contributed by atoms with Crippen LogP contribution in [0.15, 0.2) is 30.6 Å². The monoisotopic (exact) mass is 221 g/mol. The maximum atomic E-state index is 4.24. The lowest BCUT2D eigenvalue weighted by atomic mass is 10.4. The number of nitrogens with zero attached hydrogens (tertiary/aromatic N) is 2. The van der Waals surface area contributed by atoms with E-state index in [2.05, 4.69) is 33.9 Å². The zero-order chi connectivity index (χ0) is 10.7. The predicted molar refractivity (Wildman–Crippen MR) is 66.7 cm³/mol. The Labute approximate surface area is 93.9 Å². The molecule has 0 spiro atoms. The number of hydrogen-bond acceptors (Lipinski definition) is 3. The van der Waals surface area contributed by atoms with Crippen LogP contribution in [0.5, 0.6) is 0 Å². The molecule has 2 aromatic rings. The molecule has 0 fully saturated rings. The van der Waals surface area contributed by atoms with Crippen molar-refractivity contribution in [2.45, 2.75) is 12.2 Å². The highest BCUT2D eigenvalue weighted by Crippen LogP contribution is 2.12. The van der Waals surface area contributed by atoms with Gasteiger partial charge in [-0.25, -0.2) is 4.98 Å². The molecule has 2 rings (SSSR count). The molecule has 4 heteroatoms. The van der Waals surface area contributed by atoms with E-state index in [0.717, 1.165) is 18.0 Å². The van der Waals surface area contributed by atoms with Crippen LogP contribution < -0.4 is 5.32 Å². The number of rotatable bonds is 4. The summed E-state index contributed by atoms with van der Waals surface area (Å²) in [6.45, 7) is 3.18. The van der Waals surface area contributed by atoms with Crippen LogP contribution in [0.3, 0.4) is 0 Å². The van der Waals surface area contributed by atoms with Gasteiger partial charge < -0.3 is 5.32 Å². The van der Waals surface area contributed by atoms with Crippen molar-refractivity contribution in [1.82, 2.24) is 9.38 Å². The van der Waals surface area contributed by atoms with Gasteiger partial charge in [0.25, 0.3) is 0 Å². The Morgan fingerprint density at radius 1 is 1.53 bits per heavy atom. The molecule has 1 unspecified atom stereocenters. The standard InChI is InChI=1S/C11H15N3S/c1-9(15-2)8-13-11-5-3-4-10-12-6-7-14(10)11/h3-7,9,13H,8H2,1-2H3. The minimum absolute atomic E-state index is 0.615. The third-order valence-electron chi connectivity index (χ3n) is 2.40. The van der Waals surface area contributed by atoms with Crippen molar-refractivity contribution in [3.63, 3.8) is 0 Å². The van der Waals surface area contributed by atoms with Crippen molar-refractivity contribution < 1.29 is 0 Å². The number of fused-ring (bicyclic) bond motifs is 1. The van der Waals surface area contributed by atoms with Crippen molar-refractivity contribution in [3.8, 4) is 0 Å². The number of nitrogens with one attached hydrogen (secondary N) is 1. The van der Waals surface area contributed by atoms with Gasteiger partial charge in [0.1, 0.15) is 11.5 Å². The van der Waals surface area contributed by atoms with Crippen LogP contribution in [0.2, 0.25) is 0 Å². The summed E-state index contributed by atoms with van der Waals surface area (Å²) < 4.78 is 2.06. The second kappa shape index (κ2) is 4.57. The first kappa shape index (κ1) is 10.4. The predicted octanol–water partition coefficient (Wildman–Crippen LogP) is 2.50. The molecule has 0 radical (unpaired) electrons. The van der Waals surface area contributed by atoms with Crippen LogP contribution in [-0.4, -0.2) is 27.4 Å². The molecule has 2 aromatic heterocycles. The fourth-order valence-electron chi connectivity index (χ4n) is 1.42. The fourth-order valence-corrected chi connectivity index (χ4v) is 1.67. The van der Waals surface area contributed by atoms with E-state index in [1.165, 1.54) is 0 Å². The Bertz CT molecular complexity index is 438. The minimum Gasteiger partial charge on any atom is -0.370 e. The van der Waals surface area contributed by atoms with Crippen LogP contribution in [-0.2, 0) is 0 Å². The fraction of sp³-hybridized carbons (Fsp3) is 0.364. The maximum absolute atomic E-state index is 4.24. The molecule has 0 aromatic carbocycles. The lowest BCUT2D eigenvalue weighted by Crippen LogP contribution is -2.14. The summed E-state index contributed by atoms with van der Waals surface area (Å²) in [5.41, 5.74) is 0.983. The molecule has 0 aliphatic rings. The third kappa shape index (κ3) is 2.26. The maximum Gasteiger partial charge on any atom is 0.138 e. The van der Waals surface area contributed by atoms with Crippen molar-refractivity contribution in [1.29, 1.82) is 0 Å². The van der Waals surface area contributed by atoms with Gasteiger partial charge in [-0.1, -0.05) is 13.0 Å². The number of pyridine rings is 1. The highest BCUT2D eigenvalue weighted by molar-refractivity contribution is 7.99. The number of hydrogen-bond donors (Lipinski definition) is 1. The highest BCUT2D eigenvalue weighted by atomic mass is 32.2. The normalized spacial score (nSPS) is 12.9. The van der Waals surface area contributed by atoms with Gasteiger partial charge in [0, 0.05) is 24.2 Å². The van der Waals surface area contributed by atoms with Gasteiger partial charge >= 0.3 is 0 Å². The first-order valence-corrected chi connectivity index (χ1v) is 6.29. The first-order chi connectivity index (χ1) is 7.31. The Hall–Kier alpha value is -1.16. The summed E-state index contributed by atoms with van der Waals surface area (Å²) in [4.78, 5) is 4.24. The Morgan fingerprint density at radius 2 is 2.40 bits per heavy atom. The molecular weight excluding hydrogens is 206 g/mol. The molecule has 1 atom stereocenters. The first-order valence-electron chi connectivity index (χ1n) is 5.00. The van der Waals surface area contributed by atoms with Crippen molar-refractivity contribution in [3.05, 3.63) is 30.6 Å². The highest BCUT2D eigenvalue weighted by Gasteiger charge is 2.02. The molecule has 3 nitrogen and oxygen atoms in total. The van der Waals surface area contributed by atoms with E-state index in [1.807, 2.05) is 36.3 Å². The number of thioether (sulfide) groups is 1. The summed E-state index contributed by atoms with van der Waals surface area (Å²) in [6, 6.07) is 6.10. The van der Waals surface area contributed by atoms with E-state index < -0.39 is 0 Å². The van der Waals surface area contributed by atoms with E-state index in [1.54, 1.807) is 0 Å². The zero-order valence-electron chi connectivity index (χ0n) is 8.97. The molecule has 0 saturated heterocycles. The SMILES string of the molecule is CSC(C)CNc1cccc2nccn12. The lowest BCUT2D eigenvalue weighted by Gasteiger charge is -2.12. The van der Waals surface area contributed by atoms with Crippen LogP contribution in [0.4, 0.5) is 5.82 Å². The van der Waals surface area contributed by atoms with Gasteiger partial charge in [-0.15, -0.1) is 0 Å². The summed E-state index contributed by atoms with van der Waals surface area (Å²) >= 11 is 1.86. The molecule has 15 heavy (non-hydrogen) atoms. The van der Waals surface area contributed by atoms with Crippen LogP contribution in [0, 0.1) is 0 Å². The van der Waals surface area contributed by atoms with E-state index in [4.69, 9.17) is 0 Å². The molecule has 1 N–H and O–H groups in total. The van der Waals surface area contributed by atoms with E-state index in [9.17, 15) is 0 Å².